The number of likely N-dealkylation sites (tertiary alicyclic amines) is 1. The minimum absolute atomic E-state index is 0.158. The molecule has 0 bridgehead atoms. The lowest BCUT2D eigenvalue weighted by molar-refractivity contribution is -0.128. The first-order chi connectivity index (χ1) is 10.4. The van der Waals surface area contributed by atoms with Gasteiger partial charge >= 0.3 is 0 Å². The van der Waals surface area contributed by atoms with E-state index in [4.69, 9.17) is 10.5 Å². The van der Waals surface area contributed by atoms with Crippen molar-refractivity contribution >= 4 is 34.1 Å². The molecule has 2 heterocycles. The Morgan fingerprint density at radius 2 is 2.32 bits per heavy atom. The Morgan fingerprint density at radius 1 is 1.55 bits per heavy atom. The van der Waals surface area contributed by atoms with E-state index in [1.54, 1.807) is 7.11 Å². The van der Waals surface area contributed by atoms with Crippen LogP contribution in [0.1, 0.15) is 20.3 Å². The van der Waals surface area contributed by atoms with Crippen molar-refractivity contribution in [2.24, 2.45) is 16.7 Å². The highest BCUT2D eigenvalue weighted by molar-refractivity contribution is 8.01. The zero-order valence-electron chi connectivity index (χ0n) is 13.2. The lowest BCUT2D eigenvalue weighted by Gasteiger charge is -2.56. The molecule has 2 atom stereocenters. The first-order valence-corrected chi connectivity index (χ1v) is 9.15. The second-order valence-corrected chi connectivity index (χ2v) is 9.21. The number of aromatic nitrogens is 2. The van der Waals surface area contributed by atoms with Crippen LogP contribution in [0, 0.1) is 16.7 Å². The molecule has 1 aromatic rings. The molecule has 2 fully saturated rings. The van der Waals surface area contributed by atoms with Gasteiger partial charge in [0.25, 0.3) is 0 Å². The van der Waals surface area contributed by atoms with Crippen LogP contribution in [0.5, 0.6) is 0 Å². The van der Waals surface area contributed by atoms with E-state index in [9.17, 15) is 4.79 Å². The lowest BCUT2D eigenvalue weighted by atomic mass is 9.48. The number of nitrogen functional groups attached to an aromatic ring is 1. The second-order valence-electron chi connectivity index (χ2n) is 6.98. The molecule has 1 saturated heterocycles. The van der Waals surface area contributed by atoms with E-state index in [0.717, 1.165) is 30.5 Å². The molecule has 1 aliphatic carbocycles. The van der Waals surface area contributed by atoms with Crippen LogP contribution in [0.2, 0.25) is 0 Å². The highest BCUT2D eigenvalue weighted by Crippen LogP contribution is 2.62. The van der Waals surface area contributed by atoms with Gasteiger partial charge in [-0.25, -0.2) is 0 Å². The molecule has 1 amide bonds. The molecule has 122 valence electrons. The number of hydrogen-bond donors (Lipinski definition) is 1. The number of methoxy groups -OCH3 is 1. The Morgan fingerprint density at radius 3 is 2.91 bits per heavy atom. The monoisotopic (exact) mass is 342 g/mol. The Kier molecular flexibility index (Phi) is 4.11. The normalized spacial score (nSPS) is 29.2. The zero-order valence-corrected chi connectivity index (χ0v) is 14.8. The molecular formula is C14H22N4O2S2. The van der Waals surface area contributed by atoms with Crippen LogP contribution in [-0.2, 0) is 9.53 Å². The molecule has 0 radical (unpaired) electrons. The molecule has 6 nitrogen and oxygen atoms in total. The molecule has 0 aromatic carbocycles. The van der Waals surface area contributed by atoms with Crippen LogP contribution in [0.4, 0.5) is 5.13 Å². The Bertz CT molecular complexity index is 577. The van der Waals surface area contributed by atoms with Crippen LogP contribution in [0.15, 0.2) is 4.34 Å². The van der Waals surface area contributed by atoms with Crippen molar-refractivity contribution in [2.45, 2.75) is 24.6 Å². The number of nitrogens with zero attached hydrogens (tertiary/aromatic N) is 3. The third-order valence-electron chi connectivity index (χ3n) is 4.92. The Balaban J connectivity index is 1.60. The molecule has 1 aromatic heterocycles. The summed E-state index contributed by atoms with van der Waals surface area (Å²) < 4.78 is 6.18. The SMILES string of the molecule is COC[C@@]12CN(C(=O)CSc3nnc(N)s3)C[C@@H]1C(C)(C)C2. The van der Waals surface area contributed by atoms with E-state index in [1.165, 1.54) is 23.1 Å². The summed E-state index contributed by atoms with van der Waals surface area (Å²) in [6, 6.07) is 0. The van der Waals surface area contributed by atoms with E-state index >= 15 is 0 Å². The molecule has 1 saturated carbocycles. The molecule has 2 N–H and O–H groups in total. The standard InChI is InChI=1S/C14H22N4O2S2/c1-13(2)6-14(8-20-3)7-18(4-9(13)14)10(19)5-21-12-17-16-11(15)22-12/h9H,4-8H2,1-3H3,(H2,15,16)/t9-,14-/m1/s1. The quantitative estimate of drug-likeness (QED) is 0.821. The number of carbonyl (C=O) groups is 1. The highest BCUT2D eigenvalue weighted by Gasteiger charge is 2.63. The molecule has 1 aliphatic heterocycles. The minimum atomic E-state index is 0.158. The lowest BCUT2D eigenvalue weighted by Crippen LogP contribution is -2.55. The zero-order chi connectivity index (χ0) is 16.0. The largest absolute Gasteiger partial charge is 0.384 e. The van der Waals surface area contributed by atoms with Gasteiger partial charge in [-0.05, 0) is 17.8 Å². The van der Waals surface area contributed by atoms with Crippen molar-refractivity contribution in [3.8, 4) is 0 Å². The Hall–Kier alpha value is -0.860. The number of carbonyl (C=O) groups excluding carboxylic acids is 1. The van der Waals surface area contributed by atoms with Crippen molar-refractivity contribution in [3.05, 3.63) is 0 Å². The van der Waals surface area contributed by atoms with E-state index in [-0.39, 0.29) is 11.3 Å². The molecular weight excluding hydrogens is 320 g/mol. The smallest absolute Gasteiger partial charge is 0.233 e. The van der Waals surface area contributed by atoms with E-state index in [2.05, 4.69) is 24.0 Å². The predicted octanol–water partition coefficient (Wildman–Crippen LogP) is 1.73. The highest BCUT2D eigenvalue weighted by atomic mass is 32.2. The first-order valence-electron chi connectivity index (χ1n) is 7.35. The average molecular weight is 342 g/mol. The number of nitrogens with two attached hydrogens (primary N) is 1. The summed E-state index contributed by atoms with van der Waals surface area (Å²) in [5, 5.41) is 8.14. The van der Waals surface area contributed by atoms with Gasteiger partial charge in [-0.1, -0.05) is 36.9 Å². The summed E-state index contributed by atoms with van der Waals surface area (Å²) in [5.74, 6) is 1.09. The summed E-state index contributed by atoms with van der Waals surface area (Å²) in [6.07, 6.45) is 1.13. The maximum Gasteiger partial charge on any atom is 0.233 e. The van der Waals surface area contributed by atoms with Gasteiger partial charge in [0.1, 0.15) is 0 Å². The van der Waals surface area contributed by atoms with Crippen molar-refractivity contribution in [1.82, 2.24) is 15.1 Å². The molecule has 0 spiro atoms. The summed E-state index contributed by atoms with van der Waals surface area (Å²) in [6.45, 7) is 6.97. The number of hydrogen-bond acceptors (Lipinski definition) is 7. The predicted molar refractivity (Wildman–Crippen MR) is 87.8 cm³/mol. The van der Waals surface area contributed by atoms with Crippen LogP contribution < -0.4 is 5.73 Å². The topological polar surface area (TPSA) is 81.3 Å². The summed E-state index contributed by atoms with van der Waals surface area (Å²) in [5.41, 5.74) is 6.01. The van der Waals surface area contributed by atoms with Crippen molar-refractivity contribution in [3.63, 3.8) is 0 Å². The maximum atomic E-state index is 12.5. The fourth-order valence-corrected chi connectivity index (χ4v) is 5.83. The van der Waals surface area contributed by atoms with Crippen LogP contribution in [0.25, 0.3) is 0 Å². The fraction of sp³-hybridized carbons (Fsp3) is 0.786. The van der Waals surface area contributed by atoms with Gasteiger partial charge in [-0.3, -0.25) is 4.79 Å². The van der Waals surface area contributed by atoms with Gasteiger partial charge in [0.05, 0.1) is 12.4 Å². The minimum Gasteiger partial charge on any atom is -0.384 e. The Labute approximate surface area is 138 Å². The number of ether oxygens (including phenoxy) is 1. The van der Waals surface area contributed by atoms with E-state index < -0.39 is 0 Å². The fourth-order valence-electron chi connectivity index (χ4n) is 4.29. The number of thioether (sulfide) groups is 1. The summed E-state index contributed by atoms with van der Waals surface area (Å²) >= 11 is 2.73. The van der Waals surface area contributed by atoms with Gasteiger partial charge in [0, 0.05) is 25.6 Å². The van der Waals surface area contributed by atoms with Crippen LogP contribution >= 0.6 is 23.1 Å². The van der Waals surface area contributed by atoms with Crippen molar-refractivity contribution < 1.29 is 9.53 Å². The number of anilines is 1. The second kappa shape index (κ2) is 5.65. The number of fused-ring (bicyclic) bond motifs is 1. The average Bonchev–Trinajstić information content (AvgIpc) is 2.98. The van der Waals surface area contributed by atoms with Gasteiger partial charge in [-0.2, -0.15) is 0 Å². The maximum absolute atomic E-state index is 12.5. The summed E-state index contributed by atoms with van der Waals surface area (Å²) in [4.78, 5) is 14.5. The number of amides is 1. The molecule has 8 heteroatoms. The first kappa shape index (κ1) is 16.0. The molecule has 22 heavy (non-hydrogen) atoms. The third-order valence-corrected chi connectivity index (χ3v) is 6.80. The van der Waals surface area contributed by atoms with Gasteiger partial charge in [-0.15, -0.1) is 10.2 Å². The molecule has 2 aliphatic rings. The van der Waals surface area contributed by atoms with Crippen molar-refractivity contribution in [2.75, 3.05) is 38.3 Å². The summed E-state index contributed by atoms with van der Waals surface area (Å²) in [7, 11) is 1.75. The van der Waals surface area contributed by atoms with E-state index in [1.807, 2.05) is 4.90 Å². The number of rotatable bonds is 5. The van der Waals surface area contributed by atoms with Crippen LogP contribution in [0.3, 0.4) is 0 Å². The van der Waals surface area contributed by atoms with Crippen molar-refractivity contribution in [1.29, 1.82) is 0 Å². The molecule has 3 rings (SSSR count). The van der Waals surface area contributed by atoms with Gasteiger partial charge in [0.2, 0.25) is 11.0 Å². The van der Waals surface area contributed by atoms with E-state index in [0.29, 0.717) is 22.2 Å². The van der Waals surface area contributed by atoms with Gasteiger partial charge < -0.3 is 15.4 Å². The van der Waals surface area contributed by atoms with Crippen LogP contribution in [-0.4, -0.2) is 53.6 Å². The van der Waals surface area contributed by atoms with Gasteiger partial charge in [0.15, 0.2) is 4.34 Å². The molecule has 0 unspecified atom stereocenters. The third kappa shape index (κ3) is 2.72.